The summed E-state index contributed by atoms with van der Waals surface area (Å²) in [4.78, 5) is 12.7. The molecule has 1 aliphatic rings. The van der Waals surface area contributed by atoms with Gasteiger partial charge in [0.2, 0.25) is 0 Å². The SMILES string of the molecule is COC(=O)CCC(Sc1ccccc1)B1OC(C)(C)C(C)(C)O1. The average molecular weight is 336 g/mol. The molecule has 0 saturated carbocycles. The summed E-state index contributed by atoms with van der Waals surface area (Å²) in [5, 5.41) is 0.0255. The molecule has 126 valence electrons. The second kappa shape index (κ2) is 7.28. The molecule has 1 aromatic carbocycles. The van der Waals surface area contributed by atoms with Gasteiger partial charge in [0, 0.05) is 16.5 Å². The molecule has 0 aromatic heterocycles. The molecule has 6 heteroatoms. The van der Waals surface area contributed by atoms with Gasteiger partial charge in [0.05, 0.1) is 18.3 Å². The van der Waals surface area contributed by atoms with Crippen LogP contribution >= 0.6 is 11.8 Å². The molecule has 2 rings (SSSR count). The Morgan fingerprint density at radius 3 is 2.26 bits per heavy atom. The lowest BCUT2D eigenvalue weighted by molar-refractivity contribution is -0.140. The van der Waals surface area contributed by atoms with Crippen LogP contribution in [0.1, 0.15) is 40.5 Å². The van der Waals surface area contributed by atoms with E-state index in [2.05, 4.69) is 12.1 Å². The summed E-state index contributed by atoms with van der Waals surface area (Å²) in [7, 11) is 1.06. The van der Waals surface area contributed by atoms with Crippen molar-refractivity contribution < 1.29 is 18.8 Å². The Morgan fingerprint density at radius 1 is 1.17 bits per heavy atom. The molecule has 0 spiro atoms. The van der Waals surface area contributed by atoms with Crippen LogP contribution in [-0.4, -0.2) is 36.5 Å². The summed E-state index contributed by atoms with van der Waals surface area (Å²) in [6.45, 7) is 8.16. The zero-order valence-electron chi connectivity index (χ0n) is 14.5. The smallest absolute Gasteiger partial charge is 0.469 e. The molecule has 4 nitrogen and oxygen atoms in total. The maximum absolute atomic E-state index is 11.5. The van der Waals surface area contributed by atoms with Crippen LogP contribution in [0.15, 0.2) is 35.2 Å². The van der Waals surface area contributed by atoms with E-state index in [-0.39, 0.29) is 29.4 Å². The molecule has 1 aliphatic heterocycles. The fourth-order valence-corrected chi connectivity index (χ4v) is 3.45. The van der Waals surface area contributed by atoms with Crippen LogP contribution in [-0.2, 0) is 18.8 Å². The number of carbonyl (C=O) groups is 1. The first-order valence-corrected chi connectivity index (χ1v) is 8.77. The number of thioether (sulfide) groups is 1. The van der Waals surface area contributed by atoms with Gasteiger partial charge in [0.25, 0.3) is 0 Å². The average Bonchev–Trinajstić information content (AvgIpc) is 2.72. The van der Waals surface area contributed by atoms with E-state index in [4.69, 9.17) is 14.0 Å². The molecule has 0 radical (unpaired) electrons. The van der Waals surface area contributed by atoms with Gasteiger partial charge in [-0.25, -0.2) is 0 Å². The summed E-state index contributed by atoms with van der Waals surface area (Å²) >= 11 is 1.68. The lowest BCUT2D eigenvalue weighted by Crippen LogP contribution is -2.41. The molecule has 1 fully saturated rings. The van der Waals surface area contributed by atoms with E-state index in [1.807, 2.05) is 45.9 Å². The van der Waals surface area contributed by atoms with E-state index in [9.17, 15) is 4.79 Å². The summed E-state index contributed by atoms with van der Waals surface area (Å²) in [6, 6.07) is 10.1. The normalized spacial score (nSPS) is 20.3. The summed E-state index contributed by atoms with van der Waals surface area (Å²) < 4.78 is 17.1. The minimum absolute atomic E-state index is 0.0255. The fraction of sp³-hybridized carbons (Fsp3) is 0.588. The van der Waals surface area contributed by atoms with E-state index in [1.54, 1.807) is 11.8 Å². The summed E-state index contributed by atoms with van der Waals surface area (Å²) in [5.41, 5.74) is -0.753. The number of methoxy groups -OCH3 is 1. The van der Waals surface area contributed by atoms with E-state index >= 15 is 0 Å². The third kappa shape index (κ3) is 4.52. The number of esters is 1. The molecular formula is C17H25BO4S. The van der Waals surface area contributed by atoms with Crippen LogP contribution in [0.4, 0.5) is 0 Å². The minimum atomic E-state index is -0.377. The van der Waals surface area contributed by atoms with E-state index in [0.717, 1.165) is 4.90 Å². The van der Waals surface area contributed by atoms with Crippen LogP contribution in [0.25, 0.3) is 0 Å². The van der Waals surface area contributed by atoms with Crippen molar-refractivity contribution in [1.29, 1.82) is 0 Å². The Kier molecular flexibility index (Phi) is 5.81. The molecule has 1 heterocycles. The number of hydrogen-bond acceptors (Lipinski definition) is 5. The van der Waals surface area contributed by atoms with Crippen molar-refractivity contribution in [1.82, 2.24) is 0 Å². The third-order valence-corrected chi connectivity index (χ3v) is 5.77. The van der Waals surface area contributed by atoms with Gasteiger partial charge in [0.15, 0.2) is 0 Å². The van der Waals surface area contributed by atoms with Gasteiger partial charge >= 0.3 is 13.1 Å². The van der Waals surface area contributed by atoms with Gasteiger partial charge in [-0.3, -0.25) is 4.79 Å². The number of benzene rings is 1. The van der Waals surface area contributed by atoms with Gasteiger partial charge in [-0.15, -0.1) is 11.8 Å². The van der Waals surface area contributed by atoms with Crippen molar-refractivity contribution in [2.75, 3.05) is 7.11 Å². The molecule has 23 heavy (non-hydrogen) atoms. The molecular weight excluding hydrogens is 311 g/mol. The summed E-state index contributed by atoms with van der Waals surface area (Å²) in [5.74, 6) is -0.208. The standard InChI is InChI=1S/C17H25BO4S/c1-16(2)17(3,4)22-18(21-16)14(11-12-15(19)20-5)23-13-9-7-6-8-10-13/h6-10,14H,11-12H2,1-5H3. The second-order valence-corrected chi connectivity index (χ2v) is 8.02. The Hall–Kier alpha value is -0.975. The topological polar surface area (TPSA) is 44.8 Å². The lowest BCUT2D eigenvalue weighted by atomic mass is 9.81. The first-order chi connectivity index (χ1) is 10.7. The van der Waals surface area contributed by atoms with Crippen molar-refractivity contribution in [2.24, 2.45) is 0 Å². The second-order valence-electron chi connectivity index (χ2n) is 6.71. The molecule has 0 bridgehead atoms. The Labute approximate surface area is 143 Å². The summed E-state index contributed by atoms with van der Waals surface area (Å²) in [6.07, 6.45) is 0.994. The fourth-order valence-electron chi connectivity index (χ4n) is 2.33. The van der Waals surface area contributed by atoms with Crippen LogP contribution < -0.4 is 0 Å². The monoisotopic (exact) mass is 336 g/mol. The van der Waals surface area contributed by atoms with Crippen molar-refractivity contribution in [3.63, 3.8) is 0 Å². The quantitative estimate of drug-likeness (QED) is 0.450. The number of ether oxygens (including phenoxy) is 1. The molecule has 0 aliphatic carbocycles. The zero-order chi connectivity index (χ0) is 17.1. The number of hydrogen-bond donors (Lipinski definition) is 0. The van der Waals surface area contributed by atoms with Crippen LogP contribution in [0, 0.1) is 0 Å². The van der Waals surface area contributed by atoms with E-state index < -0.39 is 0 Å². The lowest BCUT2D eigenvalue weighted by Gasteiger charge is -2.32. The molecule has 1 atom stereocenters. The third-order valence-electron chi connectivity index (χ3n) is 4.47. The zero-order valence-corrected chi connectivity index (χ0v) is 15.3. The number of carbonyl (C=O) groups excluding carboxylic acids is 1. The Morgan fingerprint density at radius 2 is 1.74 bits per heavy atom. The molecule has 0 N–H and O–H groups in total. The minimum Gasteiger partial charge on any atom is -0.469 e. The maximum Gasteiger partial charge on any atom is 0.472 e. The van der Waals surface area contributed by atoms with Crippen molar-refractivity contribution in [3.05, 3.63) is 30.3 Å². The Balaban J connectivity index is 2.12. The van der Waals surface area contributed by atoms with Gasteiger partial charge in [-0.05, 0) is 46.2 Å². The number of rotatable bonds is 6. The highest BCUT2D eigenvalue weighted by Gasteiger charge is 2.53. The van der Waals surface area contributed by atoms with Crippen LogP contribution in [0.3, 0.4) is 0 Å². The van der Waals surface area contributed by atoms with Crippen molar-refractivity contribution >= 4 is 24.8 Å². The van der Waals surface area contributed by atoms with E-state index in [0.29, 0.717) is 12.8 Å². The van der Waals surface area contributed by atoms with Crippen molar-refractivity contribution in [2.45, 2.75) is 61.8 Å². The largest absolute Gasteiger partial charge is 0.472 e. The highest BCUT2D eigenvalue weighted by molar-refractivity contribution is 8.01. The van der Waals surface area contributed by atoms with Crippen molar-refractivity contribution in [3.8, 4) is 0 Å². The van der Waals surface area contributed by atoms with Gasteiger partial charge in [-0.2, -0.15) is 0 Å². The van der Waals surface area contributed by atoms with E-state index in [1.165, 1.54) is 7.11 Å². The first-order valence-electron chi connectivity index (χ1n) is 7.89. The van der Waals surface area contributed by atoms with Gasteiger partial charge in [0.1, 0.15) is 0 Å². The highest BCUT2D eigenvalue weighted by atomic mass is 32.2. The predicted molar refractivity (Wildman–Crippen MR) is 93.4 cm³/mol. The molecule has 1 saturated heterocycles. The first kappa shape index (κ1) is 18.4. The molecule has 1 unspecified atom stereocenters. The van der Waals surface area contributed by atoms with Gasteiger partial charge < -0.3 is 14.0 Å². The molecule has 0 amide bonds. The highest BCUT2D eigenvalue weighted by Crippen LogP contribution is 2.41. The molecule has 1 aromatic rings. The van der Waals surface area contributed by atoms with Gasteiger partial charge in [-0.1, -0.05) is 18.2 Å². The van der Waals surface area contributed by atoms with Crippen LogP contribution in [0.2, 0.25) is 0 Å². The predicted octanol–water partition coefficient (Wildman–Crippen LogP) is 3.73. The Bertz CT molecular complexity index is 517. The maximum atomic E-state index is 11.5. The van der Waals surface area contributed by atoms with Crippen LogP contribution in [0.5, 0.6) is 0 Å².